The van der Waals surface area contributed by atoms with Gasteiger partial charge in [0.05, 0.1) is 5.02 Å². The Hall–Kier alpha value is -1.60. The summed E-state index contributed by atoms with van der Waals surface area (Å²) in [5.74, 6) is -0.0368. The number of hydrogen-bond donors (Lipinski definition) is 2. The Balaban J connectivity index is 1.48. The van der Waals surface area contributed by atoms with Gasteiger partial charge < -0.3 is 15.8 Å². The Morgan fingerprint density at radius 3 is 3.04 bits per heavy atom. The second kappa shape index (κ2) is 9.37. The third kappa shape index (κ3) is 5.71. The number of amides is 1. The number of piperidine rings is 1. The van der Waals surface area contributed by atoms with Crippen molar-refractivity contribution < 1.29 is 9.53 Å². The molecule has 1 aliphatic heterocycles. The van der Waals surface area contributed by atoms with Gasteiger partial charge >= 0.3 is 0 Å². The number of ether oxygens (including phenoxy) is 1. The second-order valence-electron chi connectivity index (χ2n) is 6.55. The molecule has 0 spiro atoms. The number of benzene rings is 1. The van der Waals surface area contributed by atoms with Crippen LogP contribution in [0.1, 0.15) is 23.3 Å². The largest absolute Gasteiger partial charge is 0.482 e. The van der Waals surface area contributed by atoms with Crippen molar-refractivity contribution in [3.05, 3.63) is 51.2 Å². The smallest absolute Gasteiger partial charge is 0.255 e. The normalized spacial score (nSPS) is 18.0. The van der Waals surface area contributed by atoms with Gasteiger partial charge in [-0.05, 0) is 48.5 Å². The Labute approximate surface area is 163 Å². The van der Waals surface area contributed by atoms with Crippen LogP contribution in [0.15, 0.2) is 35.7 Å². The average Bonchev–Trinajstić information content (AvgIpc) is 3.12. The summed E-state index contributed by atoms with van der Waals surface area (Å²) in [5, 5.41) is 6.26. The molecule has 1 aromatic carbocycles. The number of nitrogens with one attached hydrogen (secondary N) is 1. The van der Waals surface area contributed by atoms with Crippen molar-refractivity contribution in [3.8, 4) is 5.75 Å². The molecular formula is C19H24ClN3O2S. The van der Waals surface area contributed by atoms with Gasteiger partial charge in [-0.15, -0.1) is 11.3 Å². The first-order valence-corrected chi connectivity index (χ1v) is 10.0. The van der Waals surface area contributed by atoms with E-state index in [1.807, 2.05) is 23.5 Å². The lowest BCUT2D eigenvalue weighted by Crippen LogP contribution is -2.44. The molecular weight excluding hydrogens is 370 g/mol. The fraction of sp³-hybridized carbons (Fsp3) is 0.421. The summed E-state index contributed by atoms with van der Waals surface area (Å²) in [6, 6.07) is 10.4. The van der Waals surface area contributed by atoms with E-state index in [2.05, 4.69) is 27.7 Å². The van der Waals surface area contributed by atoms with Crippen LogP contribution in [-0.4, -0.2) is 36.5 Å². The molecule has 2 heterocycles. The third-order valence-electron chi connectivity index (χ3n) is 4.43. The third-order valence-corrected chi connectivity index (χ3v) is 5.58. The van der Waals surface area contributed by atoms with E-state index in [1.54, 1.807) is 6.07 Å². The van der Waals surface area contributed by atoms with Crippen molar-refractivity contribution in [1.82, 2.24) is 10.2 Å². The highest BCUT2D eigenvalue weighted by Crippen LogP contribution is 2.25. The van der Waals surface area contributed by atoms with E-state index in [-0.39, 0.29) is 6.61 Å². The molecule has 7 heteroatoms. The lowest BCUT2D eigenvalue weighted by Gasteiger charge is -2.33. The number of likely N-dealkylation sites (tertiary alicyclic amines) is 1. The highest BCUT2D eigenvalue weighted by atomic mass is 35.5. The summed E-state index contributed by atoms with van der Waals surface area (Å²) in [6.07, 6.45) is 2.40. The Morgan fingerprint density at radius 1 is 1.42 bits per heavy atom. The van der Waals surface area contributed by atoms with Gasteiger partial charge in [0.2, 0.25) is 0 Å². The van der Waals surface area contributed by atoms with E-state index in [4.69, 9.17) is 22.1 Å². The van der Waals surface area contributed by atoms with Crippen LogP contribution < -0.4 is 15.8 Å². The summed E-state index contributed by atoms with van der Waals surface area (Å²) >= 11 is 8.04. The first kappa shape index (κ1) is 19.2. The van der Waals surface area contributed by atoms with Crippen molar-refractivity contribution >= 4 is 28.8 Å². The van der Waals surface area contributed by atoms with Crippen molar-refractivity contribution in [2.24, 2.45) is 5.73 Å². The van der Waals surface area contributed by atoms with Gasteiger partial charge in [0.1, 0.15) is 5.75 Å². The molecule has 1 unspecified atom stereocenters. The number of carbonyl (C=O) groups excluding carboxylic acids is 1. The number of hydrogen-bond acceptors (Lipinski definition) is 5. The van der Waals surface area contributed by atoms with Gasteiger partial charge in [0.15, 0.2) is 6.61 Å². The van der Waals surface area contributed by atoms with E-state index >= 15 is 0 Å². The fourth-order valence-corrected chi connectivity index (χ4v) is 4.17. The standard InChI is InChI=1S/C19H24ClN3O2S/c20-17-9-14(5-6-18(17)25-13-19(21)24)10-22-15-3-1-7-23(11-15)12-16-4-2-8-26-16/h2,4-6,8-9,15,22H,1,3,7,10-13H2,(H2,21,24). The molecule has 1 aliphatic rings. The molecule has 140 valence electrons. The molecule has 1 saturated heterocycles. The predicted octanol–water partition coefficient (Wildman–Crippen LogP) is 3.02. The van der Waals surface area contributed by atoms with Crippen LogP contribution in [0.5, 0.6) is 5.75 Å². The quantitative estimate of drug-likeness (QED) is 0.723. The summed E-state index contributed by atoms with van der Waals surface area (Å²) in [7, 11) is 0. The van der Waals surface area contributed by atoms with Gasteiger partial charge in [0.25, 0.3) is 5.91 Å². The van der Waals surface area contributed by atoms with E-state index in [0.29, 0.717) is 16.8 Å². The highest BCUT2D eigenvalue weighted by Gasteiger charge is 2.19. The summed E-state index contributed by atoms with van der Waals surface area (Å²) < 4.78 is 5.28. The van der Waals surface area contributed by atoms with Gasteiger partial charge in [-0.25, -0.2) is 0 Å². The maximum Gasteiger partial charge on any atom is 0.255 e. The van der Waals surface area contributed by atoms with Crippen LogP contribution in [0.4, 0.5) is 0 Å². The topological polar surface area (TPSA) is 67.6 Å². The number of rotatable bonds is 8. The monoisotopic (exact) mass is 393 g/mol. The molecule has 1 fully saturated rings. The summed E-state index contributed by atoms with van der Waals surface area (Å²) in [6.45, 7) is 3.85. The van der Waals surface area contributed by atoms with Crippen molar-refractivity contribution in [3.63, 3.8) is 0 Å². The van der Waals surface area contributed by atoms with Gasteiger partial charge in [-0.1, -0.05) is 23.7 Å². The maximum absolute atomic E-state index is 10.8. The van der Waals surface area contributed by atoms with Gasteiger partial charge in [-0.2, -0.15) is 0 Å². The number of nitrogens with zero attached hydrogens (tertiary/aromatic N) is 1. The first-order valence-electron chi connectivity index (χ1n) is 8.78. The SMILES string of the molecule is NC(=O)COc1ccc(CNC2CCCN(Cc3cccs3)C2)cc1Cl. The zero-order chi connectivity index (χ0) is 18.4. The van der Waals surface area contributed by atoms with Crippen LogP contribution >= 0.6 is 22.9 Å². The average molecular weight is 394 g/mol. The first-order chi connectivity index (χ1) is 12.6. The van der Waals surface area contributed by atoms with Crippen molar-refractivity contribution in [1.29, 1.82) is 0 Å². The Morgan fingerprint density at radius 2 is 2.31 bits per heavy atom. The van der Waals surface area contributed by atoms with Crippen LogP contribution in [0, 0.1) is 0 Å². The zero-order valence-electron chi connectivity index (χ0n) is 14.6. The van der Waals surface area contributed by atoms with Crippen LogP contribution in [-0.2, 0) is 17.9 Å². The maximum atomic E-state index is 10.8. The highest BCUT2D eigenvalue weighted by molar-refractivity contribution is 7.09. The number of halogens is 1. The minimum absolute atomic E-state index is 0.167. The van der Waals surface area contributed by atoms with Gasteiger partial charge in [0, 0.05) is 30.6 Å². The number of thiophene rings is 1. The lowest BCUT2D eigenvalue weighted by molar-refractivity contribution is -0.119. The Bertz CT molecular complexity index is 724. The minimum atomic E-state index is -0.517. The molecule has 0 aliphatic carbocycles. The lowest BCUT2D eigenvalue weighted by atomic mass is 10.1. The molecule has 2 aromatic rings. The van der Waals surface area contributed by atoms with E-state index in [1.165, 1.54) is 17.7 Å². The fourth-order valence-electron chi connectivity index (χ4n) is 3.17. The molecule has 3 N–H and O–H groups in total. The number of primary amides is 1. The molecule has 0 saturated carbocycles. The summed E-state index contributed by atoms with van der Waals surface area (Å²) in [4.78, 5) is 14.7. The molecule has 0 radical (unpaired) electrons. The van der Waals surface area contributed by atoms with E-state index in [0.717, 1.165) is 31.7 Å². The van der Waals surface area contributed by atoms with Crippen LogP contribution in [0.2, 0.25) is 5.02 Å². The molecule has 0 bridgehead atoms. The minimum Gasteiger partial charge on any atom is -0.482 e. The summed E-state index contributed by atoms with van der Waals surface area (Å²) in [5.41, 5.74) is 6.18. The van der Waals surface area contributed by atoms with Gasteiger partial charge in [-0.3, -0.25) is 9.69 Å². The van der Waals surface area contributed by atoms with Crippen molar-refractivity contribution in [2.45, 2.75) is 32.0 Å². The molecule has 5 nitrogen and oxygen atoms in total. The number of nitrogens with two attached hydrogens (primary N) is 1. The second-order valence-corrected chi connectivity index (χ2v) is 7.99. The Kier molecular flexibility index (Phi) is 6.91. The van der Waals surface area contributed by atoms with E-state index < -0.39 is 5.91 Å². The van der Waals surface area contributed by atoms with Crippen molar-refractivity contribution in [2.75, 3.05) is 19.7 Å². The molecule has 1 aromatic heterocycles. The number of carbonyl (C=O) groups is 1. The molecule has 1 amide bonds. The van der Waals surface area contributed by atoms with E-state index in [9.17, 15) is 4.79 Å². The zero-order valence-corrected chi connectivity index (χ0v) is 16.2. The van der Waals surface area contributed by atoms with Crippen LogP contribution in [0.3, 0.4) is 0 Å². The predicted molar refractivity (Wildman–Crippen MR) is 106 cm³/mol. The van der Waals surface area contributed by atoms with Crippen LogP contribution in [0.25, 0.3) is 0 Å². The molecule has 3 rings (SSSR count). The molecule has 1 atom stereocenters. The molecule has 26 heavy (non-hydrogen) atoms.